The Balaban J connectivity index is 1.76. The first-order valence-electron chi connectivity index (χ1n) is 6.89. The highest BCUT2D eigenvalue weighted by Crippen LogP contribution is 2.49. The Hall–Kier alpha value is -0.960. The molecular formula is C15H20FNO. The van der Waals surface area contributed by atoms with E-state index in [1.54, 1.807) is 12.3 Å². The molecule has 1 aliphatic carbocycles. The van der Waals surface area contributed by atoms with Crippen molar-refractivity contribution >= 4 is 0 Å². The highest BCUT2D eigenvalue weighted by Gasteiger charge is 2.47. The largest absolute Gasteiger partial charge is 0.374 e. The second-order valence-corrected chi connectivity index (χ2v) is 6.01. The van der Waals surface area contributed by atoms with Gasteiger partial charge in [0, 0.05) is 23.4 Å². The van der Waals surface area contributed by atoms with E-state index in [9.17, 15) is 4.39 Å². The van der Waals surface area contributed by atoms with Gasteiger partial charge in [-0.25, -0.2) is 4.39 Å². The molecule has 2 nitrogen and oxygen atoms in total. The van der Waals surface area contributed by atoms with Gasteiger partial charge in [-0.15, -0.1) is 0 Å². The van der Waals surface area contributed by atoms with Gasteiger partial charge in [0.15, 0.2) is 0 Å². The Bertz CT molecular complexity index is 444. The van der Waals surface area contributed by atoms with Crippen LogP contribution >= 0.6 is 0 Å². The fourth-order valence-electron chi connectivity index (χ4n) is 2.72. The molecule has 0 N–H and O–H groups in total. The number of hydrogen-bond acceptors (Lipinski definition) is 2. The summed E-state index contributed by atoms with van der Waals surface area (Å²) in [6.07, 6.45) is 6.19. The summed E-state index contributed by atoms with van der Waals surface area (Å²) >= 11 is 0. The minimum absolute atomic E-state index is 0.117. The second kappa shape index (κ2) is 4.30. The standard InChI is InChI=1S/C15H20FNO/c1-10(2)14-7-13(16)12(8-17-14)11-3-4-15(5-6-15)18-9-11/h7-8,10-11H,3-6,9H2,1-2H3. The third-order valence-corrected chi connectivity index (χ3v) is 4.28. The number of halogens is 1. The Morgan fingerprint density at radius 3 is 2.67 bits per heavy atom. The summed E-state index contributed by atoms with van der Waals surface area (Å²) in [4.78, 5) is 4.37. The fraction of sp³-hybridized carbons (Fsp3) is 0.667. The van der Waals surface area contributed by atoms with Crippen molar-refractivity contribution in [1.82, 2.24) is 4.98 Å². The molecule has 1 atom stereocenters. The van der Waals surface area contributed by atoms with Crippen LogP contribution in [0.3, 0.4) is 0 Å². The van der Waals surface area contributed by atoms with Crippen LogP contribution in [-0.2, 0) is 4.74 Å². The third kappa shape index (κ3) is 2.16. The lowest BCUT2D eigenvalue weighted by atomic mass is 9.90. The van der Waals surface area contributed by atoms with Crippen molar-refractivity contribution in [3.8, 4) is 0 Å². The average molecular weight is 249 g/mol. The highest BCUT2D eigenvalue weighted by molar-refractivity contribution is 5.23. The van der Waals surface area contributed by atoms with Crippen LogP contribution in [0.15, 0.2) is 12.3 Å². The molecule has 1 saturated heterocycles. The molecule has 2 fully saturated rings. The zero-order valence-electron chi connectivity index (χ0n) is 11.1. The minimum Gasteiger partial charge on any atom is -0.374 e. The van der Waals surface area contributed by atoms with Crippen molar-refractivity contribution in [3.05, 3.63) is 29.3 Å². The Morgan fingerprint density at radius 2 is 2.17 bits per heavy atom. The fourth-order valence-corrected chi connectivity index (χ4v) is 2.72. The van der Waals surface area contributed by atoms with Gasteiger partial charge >= 0.3 is 0 Å². The normalized spacial score (nSPS) is 25.7. The van der Waals surface area contributed by atoms with E-state index in [2.05, 4.69) is 4.98 Å². The second-order valence-electron chi connectivity index (χ2n) is 6.01. The van der Waals surface area contributed by atoms with Gasteiger partial charge in [0.25, 0.3) is 0 Å². The Labute approximate surface area is 108 Å². The molecule has 1 unspecified atom stereocenters. The van der Waals surface area contributed by atoms with Crippen LogP contribution in [0.25, 0.3) is 0 Å². The highest BCUT2D eigenvalue weighted by atomic mass is 19.1. The summed E-state index contributed by atoms with van der Waals surface area (Å²) in [5.74, 6) is 0.338. The summed E-state index contributed by atoms with van der Waals surface area (Å²) in [5.41, 5.74) is 1.74. The lowest BCUT2D eigenvalue weighted by Gasteiger charge is -2.29. The van der Waals surface area contributed by atoms with Crippen LogP contribution in [0.4, 0.5) is 4.39 Å². The topological polar surface area (TPSA) is 22.1 Å². The molecule has 0 bridgehead atoms. The minimum atomic E-state index is -0.117. The van der Waals surface area contributed by atoms with Crippen LogP contribution in [0.5, 0.6) is 0 Å². The van der Waals surface area contributed by atoms with Gasteiger partial charge in [0.1, 0.15) is 5.82 Å². The molecule has 0 aromatic carbocycles. The molecule has 1 saturated carbocycles. The van der Waals surface area contributed by atoms with E-state index in [0.29, 0.717) is 6.61 Å². The van der Waals surface area contributed by atoms with Crippen molar-refractivity contribution in [3.63, 3.8) is 0 Å². The summed E-state index contributed by atoms with van der Waals surface area (Å²) < 4.78 is 20.0. The van der Waals surface area contributed by atoms with E-state index >= 15 is 0 Å². The maximum absolute atomic E-state index is 14.1. The summed E-state index contributed by atoms with van der Waals surface area (Å²) in [7, 11) is 0. The average Bonchev–Trinajstić information content (AvgIpc) is 3.10. The van der Waals surface area contributed by atoms with Gasteiger partial charge in [-0.1, -0.05) is 13.8 Å². The summed E-state index contributed by atoms with van der Waals surface area (Å²) in [6, 6.07) is 1.58. The van der Waals surface area contributed by atoms with Crippen LogP contribution in [0.1, 0.15) is 62.6 Å². The van der Waals surface area contributed by atoms with E-state index < -0.39 is 0 Å². The number of pyridine rings is 1. The summed E-state index contributed by atoms with van der Waals surface area (Å²) in [6.45, 7) is 4.71. The van der Waals surface area contributed by atoms with Gasteiger partial charge in [-0.05, 0) is 37.7 Å². The van der Waals surface area contributed by atoms with Crippen molar-refractivity contribution in [2.75, 3.05) is 6.61 Å². The molecule has 3 rings (SSSR count). The Kier molecular flexibility index (Phi) is 2.89. The van der Waals surface area contributed by atoms with Crippen LogP contribution < -0.4 is 0 Å². The van der Waals surface area contributed by atoms with Crippen LogP contribution in [0.2, 0.25) is 0 Å². The zero-order valence-corrected chi connectivity index (χ0v) is 11.1. The molecule has 1 aliphatic heterocycles. The molecule has 1 aromatic rings. The van der Waals surface area contributed by atoms with Gasteiger partial charge < -0.3 is 4.74 Å². The van der Waals surface area contributed by atoms with E-state index in [0.717, 1.165) is 24.1 Å². The predicted molar refractivity (Wildman–Crippen MR) is 68.2 cm³/mol. The molecule has 0 amide bonds. The number of ether oxygens (including phenoxy) is 1. The smallest absolute Gasteiger partial charge is 0.130 e. The SMILES string of the molecule is CC(C)c1cc(F)c(C2CCC3(CC3)OC2)cn1. The molecule has 0 radical (unpaired) electrons. The first-order valence-corrected chi connectivity index (χ1v) is 6.89. The molecular weight excluding hydrogens is 229 g/mol. The lowest BCUT2D eigenvalue weighted by molar-refractivity contribution is -0.0164. The monoisotopic (exact) mass is 249 g/mol. The van der Waals surface area contributed by atoms with Crippen LogP contribution in [0, 0.1) is 5.82 Å². The van der Waals surface area contributed by atoms with Gasteiger partial charge in [0.05, 0.1) is 12.2 Å². The lowest BCUT2D eigenvalue weighted by Crippen LogP contribution is -2.26. The third-order valence-electron chi connectivity index (χ3n) is 4.28. The van der Waals surface area contributed by atoms with Gasteiger partial charge in [0.2, 0.25) is 0 Å². The zero-order chi connectivity index (χ0) is 12.8. The van der Waals surface area contributed by atoms with Gasteiger partial charge in [-0.2, -0.15) is 0 Å². The predicted octanol–water partition coefficient (Wildman–Crippen LogP) is 3.77. The number of rotatable bonds is 2. The first-order chi connectivity index (χ1) is 8.60. The van der Waals surface area contributed by atoms with E-state index in [4.69, 9.17) is 4.74 Å². The van der Waals surface area contributed by atoms with E-state index in [1.165, 1.54) is 12.8 Å². The maximum Gasteiger partial charge on any atom is 0.130 e. The van der Waals surface area contributed by atoms with E-state index in [1.807, 2.05) is 13.8 Å². The quantitative estimate of drug-likeness (QED) is 0.796. The van der Waals surface area contributed by atoms with Crippen molar-refractivity contribution in [2.24, 2.45) is 0 Å². The number of nitrogens with zero attached hydrogens (tertiary/aromatic N) is 1. The molecule has 2 heterocycles. The number of aromatic nitrogens is 1. The van der Waals surface area contributed by atoms with Gasteiger partial charge in [-0.3, -0.25) is 4.98 Å². The van der Waals surface area contributed by atoms with Crippen LogP contribution in [-0.4, -0.2) is 17.2 Å². The molecule has 2 aliphatic rings. The molecule has 1 spiro atoms. The Morgan fingerprint density at radius 1 is 1.39 bits per heavy atom. The number of hydrogen-bond donors (Lipinski definition) is 0. The van der Waals surface area contributed by atoms with Crippen molar-refractivity contribution in [2.45, 2.75) is 57.0 Å². The van der Waals surface area contributed by atoms with Crippen molar-refractivity contribution in [1.29, 1.82) is 0 Å². The first kappa shape index (κ1) is 12.1. The molecule has 1 aromatic heterocycles. The molecule has 3 heteroatoms. The van der Waals surface area contributed by atoms with E-state index in [-0.39, 0.29) is 23.3 Å². The maximum atomic E-state index is 14.1. The molecule has 98 valence electrons. The molecule has 18 heavy (non-hydrogen) atoms. The summed E-state index contributed by atoms with van der Waals surface area (Å²) in [5, 5.41) is 0. The van der Waals surface area contributed by atoms with Crippen molar-refractivity contribution < 1.29 is 9.13 Å².